The molecule has 0 fully saturated rings. The number of rotatable bonds is 10. The Morgan fingerprint density at radius 3 is 2.07 bits per heavy atom. The lowest BCUT2D eigenvalue weighted by molar-refractivity contribution is 0.269. The van der Waals surface area contributed by atoms with Crippen molar-refractivity contribution >= 4 is 24.0 Å². The summed E-state index contributed by atoms with van der Waals surface area (Å²) in [6.07, 6.45) is 0. The minimum absolute atomic E-state index is 0. The topological polar surface area (TPSA) is 39.7 Å². The summed E-state index contributed by atoms with van der Waals surface area (Å²) in [5.74, 6) is 2.36. The highest BCUT2D eigenvalue weighted by Gasteiger charge is 2.07. The van der Waals surface area contributed by atoms with E-state index < -0.39 is 0 Å². The summed E-state index contributed by atoms with van der Waals surface area (Å²) in [6, 6.07) is 21.8. The van der Waals surface area contributed by atoms with Gasteiger partial charge in [0.05, 0.1) is 13.7 Å². The van der Waals surface area contributed by atoms with Crippen molar-refractivity contribution < 1.29 is 14.2 Å². The van der Waals surface area contributed by atoms with Crippen LogP contribution in [0.25, 0.3) is 0 Å². The van der Waals surface area contributed by atoms with E-state index in [0.717, 1.165) is 46.5 Å². The number of halogens is 2. The van der Waals surface area contributed by atoms with Crippen LogP contribution in [0, 0.1) is 0 Å². The molecule has 4 nitrogen and oxygen atoms in total. The van der Waals surface area contributed by atoms with Crippen LogP contribution in [0.4, 0.5) is 0 Å². The van der Waals surface area contributed by atoms with E-state index in [2.05, 4.69) is 23.5 Å². The largest absolute Gasteiger partial charge is 0.497 e. The van der Waals surface area contributed by atoms with Crippen molar-refractivity contribution in [3.8, 4) is 17.2 Å². The highest BCUT2D eigenvalue weighted by molar-refractivity contribution is 6.30. The molecule has 0 unspecified atom stereocenters. The van der Waals surface area contributed by atoms with Crippen LogP contribution in [0.5, 0.6) is 17.2 Å². The van der Waals surface area contributed by atoms with Gasteiger partial charge in [-0.25, -0.2) is 0 Å². The molecule has 3 aromatic rings. The maximum Gasteiger partial charge on any atom is 0.161 e. The Balaban J connectivity index is 0.00000320. The molecule has 160 valence electrons. The number of benzene rings is 3. The Hall–Kier alpha value is -2.40. The van der Waals surface area contributed by atoms with Gasteiger partial charge in [-0.2, -0.15) is 0 Å². The van der Waals surface area contributed by atoms with E-state index >= 15 is 0 Å². The minimum Gasteiger partial charge on any atom is -0.497 e. The van der Waals surface area contributed by atoms with E-state index in [1.54, 1.807) is 7.11 Å². The van der Waals surface area contributed by atoms with Crippen LogP contribution in [-0.2, 0) is 19.7 Å². The molecule has 0 radical (unpaired) electrons. The number of ether oxygens (including phenoxy) is 3. The van der Waals surface area contributed by atoms with Crippen molar-refractivity contribution in [3.05, 3.63) is 88.4 Å². The molecule has 1 N–H and O–H groups in total. The molecule has 0 aromatic heterocycles. The average Bonchev–Trinajstić information content (AvgIpc) is 2.75. The second-order valence-electron chi connectivity index (χ2n) is 6.58. The van der Waals surface area contributed by atoms with E-state index in [4.69, 9.17) is 25.8 Å². The molecular formula is C24H27Cl2NO3. The summed E-state index contributed by atoms with van der Waals surface area (Å²) in [7, 11) is 1.67. The normalized spacial score (nSPS) is 10.2. The van der Waals surface area contributed by atoms with Gasteiger partial charge in [0, 0.05) is 18.1 Å². The van der Waals surface area contributed by atoms with Crippen LogP contribution >= 0.6 is 24.0 Å². The molecule has 0 heterocycles. The van der Waals surface area contributed by atoms with Gasteiger partial charge in [-0.1, -0.05) is 41.9 Å². The quantitative estimate of drug-likeness (QED) is 0.411. The molecule has 3 rings (SSSR count). The first-order chi connectivity index (χ1) is 14.2. The van der Waals surface area contributed by atoms with E-state index in [-0.39, 0.29) is 12.4 Å². The van der Waals surface area contributed by atoms with Crippen molar-refractivity contribution in [1.29, 1.82) is 0 Å². The molecule has 0 atom stereocenters. The van der Waals surface area contributed by atoms with Gasteiger partial charge in [-0.05, 0) is 60.0 Å². The molecule has 0 aliphatic rings. The molecule has 6 heteroatoms. The number of methoxy groups -OCH3 is 1. The van der Waals surface area contributed by atoms with Crippen molar-refractivity contribution in [1.82, 2.24) is 5.32 Å². The van der Waals surface area contributed by atoms with Crippen molar-refractivity contribution in [2.24, 2.45) is 0 Å². The maximum atomic E-state index is 5.97. The van der Waals surface area contributed by atoms with Crippen LogP contribution in [-0.4, -0.2) is 13.7 Å². The zero-order chi connectivity index (χ0) is 20.5. The van der Waals surface area contributed by atoms with Crippen LogP contribution in [0.15, 0.2) is 66.7 Å². The molecule has 30 heavy (non-hydrogen) atoms. The zero-order valence-electron chi connectivity index (χ0n) is 17.2. The monoisotopic (exact) mass is 447 g/mol. The summed E-state index contributed by atoms with van der Waals surface area (Å²) >= 11 is 5.93. The fraction of sp³-hybridized carbons (Fsp3) is 0.250. The van der Waals surface area contributed by atoms with E-state index in [1.165, 1.54) is 5.56 Å². The van der Waals surface area contributed by atoms with Gasteiger partial charge in [0.15, 0.2) is 11.5 Å². The first kappa shape index (κ1) is 23.9. The fourth-order valence-electron chi connectivity index (χ4n) is 2.89. The van der Waals surface area contributed by atoms with Gasteiger partial charge >= 0.3 is 0 Å². The van der Waals surface area contributed by atoms with Crippen molar-refractivity contribution in [2.45, 2.75) is 26.6 Å². The van der Waals surface area contributed by atoms with Crippen molar-refractivity contribution in [2.75, 3.05) is 13.7 Å². The smallest absolute Gasteiger partial charge is 0.161 e. The lowest BCUT2D eigenvalue weighted by Crippen LogP contribution is -2.12. The molecule has 0 bridgehead atoms. The van der Waals surface area contributed by atoms with E-state index in [0.29, 0.717) is 13.2 Å². The average molecular weight is 448 g/mol. The predicted octanol–water partition coefficient (Wildman–Crippen LogP) is 6.04. The van der Waals surface area contributed by atoms with Gasteiger partial charge in [0.25, 0.3) is 0 Å². The van der Waals surface area contributed by atoms with E-state index in [1.807, 2.05) is 55.5 Å². The third-order valence-electron chi connectivity index (χ3n) is 4.43. The summed E-state index contributed by atoms with van der Waals surface area (Å²) in [4.78, 5) is 0. The van der Waals surface area contributed by atoms with E-state index in [9.17, 15) is 0 Å². The third kappa shape index (κ3) is 7.13. The second kappa shape index (κ2) is 12.3. The maximum absolute atomic E-state index is 5.97. The van der Waals surface area contributed by atoms with Gasteiger partial charge < -0.3 is 19.5 Å². The highest BCUT2D eigenvalue weighted by atomic mass is 35.5. The van der Waals surface area contributed by atoms with Crippen LogP contribution < -0.4 is 19.5 Å². The molecule has 3 aromatic carbocycles. The van der Waals surface area contributed by atoms with Gasteiger partial charge in [-0.3, -0.25) is 0 Å². The summed E-state index contributed by atoms with van der Waals surface area (Å²) < 4.78 is 16.9. The summed E-state index contributed by atoms with van der Waals surface area (Å²) in [5.41, 5.74) is 3.40. The molecule has 0 aliphatic carbocycles. The van der Waals surface area contributed by atoms with Crippen LogP contribution in [0.3, 0.4) is 0 Å². The first-order valence-corrected chi connectivity index (χ1v) is 10.0. The van der Waals surface area contributed by atoms with Crippen LogP contribution in [0.1, 0.15) is 23.6 Å². The highest BCUT2D eigenvalue weighted by Crippen LogP contribution is 2.29. The van der Waals surface area contributed by atoms with Gasteiger partial charge in [-0.15, -0.1) is 12.4 Å². The van der Waals surface area contributed by atoms with Crippen molar-refractivity contribution in [3.63, 3.8) is 0 Å². The minimum atomic E-state index is 0. The third-order valence-corrected chi connectivity index (χ3v) is 4.68. The SMILES string of the molecule is CCOc1cc(CNCc2ccc(OC)cc2)ccc1OCc1ccc(Cl)cc1.Cl. The lowest BCUT2D eigenvalue weighted by Gasteiger charge is -2.14. The number of nitrogens with one attached hydrogen (secondary N) is 1. The molecule has 0 saturated carbocycles. The molecular weight excluding hydrogens is 421 g/mol. The first-order valence-electron chi connectivity index (χ1n) is 9.64. The number of hydrogen-bond acceptors (Lipinski definition) is 4. The Bertz CT molecular complexity index is 899. The second-order valence-corrected chi connectivity index (χ2v) is 7.02. The summed E-state index contributed by atoms with van der Waals surface area (Å²) in [6.45, 7) is 4.54. The Morgan fingerprint density at radius 1 is 0.767 bits per heavy atom. The Morgan fingerprint density at radius 2 is 1.40 bits per heavy atom. The molecule has 0 spiro atoms. The summed E-state index contributed by atoms with van der Waals surface area (Å²) in [5, 5.41) is 4.18. The lowest BCUT2D eigenvalue weighted by atomic mass is 10.1. The number of hydrogen-bond donors (Lipinski definition) is 1. The molecule has 0 aliphatic heterocycles. The molecule has 0 amide bonds. The Labute approximate surface area is 189 Å². The predicted molar refractivity (Wildman–Crippen MR) is 124 cm³/mol. The fourth-order valence-corrected chi connectivity index (χ4v) is 3.01. The van der Waals surface area contributed by atoms with Gasteiger partial charge in [0.2, 0.25) is 0 Å². The molecule has 0 saturated heterocycles. The zero-order valence-corrected chi connectivity index (χ0v) is 18.8. The Kier molecular flexibility index (Phi) is 9.81. The van der Waals surface area contributed by atoms with Crippen LogP contribution in [0.2, 0.25) is 5.02 Å². The van der Waals surface area contributed by atoms with Gasteiger partial charge in [0.1, 0.15) is 12.4 Å². The standard InChI is InChI=1S/C24H26ClNO3.ClH/c1-3-28-24-14-20(16-26-15-18-6-11-22(27-2)12-7-18)8-13-23(24)29-17-19-4-9-21(25)10-5-19;/h4-14,26H,3,15-17H2,1-2H3;1H.